The quantitative estimate of drug-likeness (QED) is 0.709. The molecule has 0 saturated heterocycles. The fourth-order valence-corrected chi connectivity index (χ4v) is 2.46. The van der Waals surface area contributed by atoms with Gasteiger partial charge in [0, 0.05) is 16.5 Å². The number of benzene rings is 2. The van der Waals surface area contributed by atoms with Crippen LogP contribution in [-0.4, -0.2) is 31.3 Å². The van der Waals surface area contributed by atoms with Crippen LogP contribution in [0.15, 0.2) is 53.0 Å². The Morgan fingerprint density at radius 1 is 0.955 bits per heavy atom. The van der Waals surface area contributed by atoms with Gasteiger partial charge in [-0.05, 0) is 50.3 Å². The maximum atomic E-state index is 12.1. The Balaban J connectivity index is 0.00000242. The van der Waals surface area contributed by atoms with E-state index in [0.29, 0.717) is 6.42 Å². The number of nitrogens with zero attached hydrogens (tertiary/aromatic N) is 1. The topological polar surface area (TPSA) is 20.3 Å². The van der Waals surface area contributed by atoms with Crippen molar-refractivity contribution >= 4 is 21.7 Å². The highest BCUT2D eigenvalue weighted by atomic mass is 79.9. The van der Waals surface area contributed by atoms with E-state index in [1.807, 2.05) is 50.5 Å². The molecule has 0 bridgehead atoms. The molecular formula is C18H20BrClNO-. The SMILES string of the molecule is CN(C)CCCC(=O)c1ccc(-c2ccc(Br)cc2)cc1.[Cl-]. The highest BCUT2D eigenvalue weighted by Gasteiger charge is 2.06. The highest BCUT2D eigenvalue weighted by Crippen LogP contribution is 2.22. The number of rotatable bonds is 6. The number of Topliss-reactive ketones (excluding diaryl/α,β-unsaturated/α-hetero) is 1. The molecule has 2 aromatic carbocycles. The third kappa shape index (κ3) is 5.56. The maximum absolute atomic E-state index is 12.1. The highest BCUT2D eigenvalue weighted by molar-refractivity contribution is 9.10. The van der Waals surface area contributed by atoms with Crippen LogP contribution >= 0.6 is 15.9 Å². The Morgan fingerprint density at radius 2 is 1.45 bits per heavy atom. The van der Waals surface area contributed by atoms with Crippen LogP contribution in [0.25, 0.3) is 11.1 Å². The smallest absolute Gasteiger partial charge is 0.162 e. The van der Waals surface area contributed by atoms with E-state index in [4.69, 9.17) is 0 Å². The van der Waals surface area contributed by atoms with Crippen molar-refractivity contribution in [1.29, 1.82) is 0 Å². The van der Waals surface area contributed by atoms with Gasteiger partial charge >= 0.3 is 0 Å². The van der Waals surface area contributed by atoms with Crippen molar-refractivity contribution in [3.05, 3.63) is 58.6 Å². The van der Waals surface area contributed by atoms with Crippen LogP contribution in [0.2, 0.25) is 0 Å². The van der Waals surface area contributed by atoms with Gasteiger partial charge in [0.15, 0.2) is 5.78 Å². The maximum Gasteiger partial charge on any atom is 0.162 e. The zero-order chi connectivity index (χ0) is 15.2. The predicted octanol–water partition coefficient (Wildman–Crippen LogP) is 1.64. The van der Waals surface area contributed by atoms with E-state index in [2.05, 4.69) is 33.0 Å². The van der Waals surface area contributed by atoms with Crippen LogP contribution in [-0.2, 0) is 0 Å². The summed E-state index contributed by atoms with van der Waals surface area (Å²) in [7, 11) is 4.05. The van der Waals surface area contributed by atoms with Crippen molar-refractivity contribution in [2.45, 2.75) is 12.8 Å². The van der Waals surface area contributed by atoms with Crippen LogP contribution in [0.5, 0.6) is 0 Å². The van der Waals surface area contributed by atoms with Crippen molar-refractivity contribution in [3.8, 4) is 11.1 Å². The number of hydrogen-bond donors (Lipinski definition) is 0. The van der Waals surface area contributed by atoms with Crippen molar-refractivity contribution in [1.82, 2.24) is 4.90 Å². The second-order valence-electron chi connectivity index (χ2n) is 5.41. The molecule has 0 atom stereocenters. The van der Waals surface area contributed by atoms with Crippen LogP contribution in [0.1, 0.15) is 23.2 Å². The zero-order valence-corrected chi connectivity index (χ0v) is 15.2. The molecular weight excluding hydrogens is 362 g/mol. The van der Waals surface area contributed by atoms with Crippen LogP contribution in [0, 0.1) is 0 Å². The first-order chi connectivity index (χ1) is 10.1. The Labute approximate surface area is 147 Å². The molecule has 0 aliphatic carbocycles. The molecule has 2 rings (SSSR count). The van der Waals surface area contributed by atoms with Crippen molar-refractivity contribution in [2.24, 2.45) is 0 Å². The summed E-state index contributed by atoms with van der Waals surface area (Å²) < 4.78 is 1.07. The van der Waals surface area contributed by atoms with E-state index in [-0.39, 0.29) is 18.2 Å². The summed E-state index contributed by atoms with van der Waals surface area (Å²) in [5.74, 6) is 0.221. The fourth-order valence-electron chi connectivity index (χ4n) is 2.19. The van der Waals surface area contributed by atoms with Gasteiger partial charge in [-0.1, -0.05) is 52.3 Å². The minimum atomic E-state index is 0. The molecule has 0 fully saturated rings. The third-order valence-corrected chi connectivity index (χ3v) is 3.92. The van der Waals surface area contributed by atoms with Crippen LogP contribution < -0.4 is 12.4 Å². The van der Waals surface area contributed by atoms with E-state index in [0.717, 1.165) is 34.1 Å². The van der Waals surface area contributed by atoms with E-state index >= 15 is 0 Å². The minimum absolute atomic E-state index is 0. The van der Waals surface area contributed by atoms with Gasteiger partial charge in [0.25, 0.3) is 0 Å². The summed E-state index contributed by atoms with van der Waals surface area (Å²) in [4.78, 5) is 14.2. The molecule has 2 nitrogen and oxygen atoms in total. The number of hydrogen-bond acceptors (Lipinski definition) is 2. The Morgan fingerprint density at radius 3 is 1.95 bits per heavy atom. The van der Waals surface area contributed by atoms with Crippen LogP contribution in [0.3, 0.4) is 0 Å². The molecule has 0 unspecified atom stereocenters. The number of carbonyl (C=O) groups is 1. The molecule has 0 heterocycles. The van der Waals surface area contributed by atoms with E-state index in [1.54, 1.807) is 0 Å². The number of carbonyl (C=O) groups excluding carboxylic acids is 1. The van der Waals surface area contributed by atoms with Gasteiger partial charge in [-0.15, -0.1) is 0 Å². The van der Waals surface area contributed by atoms with Gasteiger partial charge in [0.2, 0.25) is 0 Å². The molecule has 0 amide bonds. The van der Waals surface area contributed by atoms with Crippen molar-refractivity contribution in [2.75, 3.05) is 20.6 Å². The van der Waals surface area contributed by atoms with E-state index in [9.17, 15) is 4.79 Å². The average Bonchev–Trinajstić information content (AvgIpc) is 2.48. The minimum Gasteiger partial charge on any atom is -1.00 e. The normalized spacial score (nSPS) is 10.4. The Bertz CT molecular complexity index is 593. The van der Waals surface area contributed by atoms with Gasteiger partial charge in [-0.25, -0.2) is 0 Å². The molecule has 0 aliphatic rings. The van der Waals surface area contributed by atoms with E-state index < -0.39 is 0 Å². The molecule has 0 aliphatic heterocycles. The molecule has 0 aromatic heterocycles. The van der Waals surface area contributed by atoms with Crippen molar-refractivity contribution in [3.63, 3.8) is 0 Å². The summed E-state index contributed by atoms with van der Waals surface area (Å²) in [6.07, 6.45) is 1.51. The third-order valence-electron chi connectivity index (χ3n) is 3.39. The first-order valence-electron chi connectivity index (χ1n) is 7.10. The lowest BCUT2D eigenvalue weighted by Gasteiger charge is -2.08. The molecule has 4 heteroatoms. The lowest BCUT2D eigenvalue weighted by molar-refractivity contribution is -0.0000122. The van der Waals surface area contributed by atoms with E-state index in [1.165, 1.54) is 0 Å². The van der Waals surface area contributed by atoms with Gasteiger partial charge in [-0.3, -0.25) is 4.79 Å². The molecule has 2 aromatic rings. The summed E-state index contributed by atoms with van der Waals surface area (Å²) >= 11 is 3.43. The molecule has 22 heavy (non-hydrogen) atoms. The zero-order valence-electron chi connectivity index (χ0n) is 12.9. The summed E-state index contributed by atoms with van der Waals surface area (Å²) in [6, 6.07) is 16.1. The van der Waals surface area contributed by atoms with Gasteiger partial charge in [0.05, 0.1) is 0 Å². The molecule has 118 valence electrons. The lowest BCUT2D eigenvalue weighted by atomic mass is 10.0. The lowest BCUT2D eigenvalue weighted by Crippen LogP contribution is -3.00. The summed E-state index contributed by atoms with van der Waals surface area (Å²) in [5, 5.41) is 0. The molecule has 0 saturated carbocycles. The molecule has 0 radical (unpaired) electrons. The van der Waals surface area contributed by atoms with Gasteiger partial charge < -0.3 is 17.3 Å². The standard InChI is InChI=1S/C18H20BrNO.ClH/c1-20(2)13-3-4-18(21)16-7-5-14(6-8-16)15-9-11-17(19)12-10-15;/h5-12H,3-4,13H2,1-2H3;1H/p-1. The number of ketones is 1. The Kier molecular flexibility index (Phi) is 7.80. The average molecular weight is 382 g/mol. The second kappa shape index (κ2) is 9.09. The fraction of sp³-hybridized carbons (Fsp3) is 0.278. The number of halogens is 2. The van der Waals surface area contributed by atoms with Crippen LogP contribution in [0.4, 0.5) is 0 Å². The first-order valence-corrected chi connectivity index (χ1v) is 7.89. The van der Waals surface area contributed by atoms with Crippen molar-refractivity contribution < 1.29 is 17.2 Å². The molecule has 0 spiro atoms. The van der Waals surface area contributed by atoms with Gasteiger partial charge in [-0.2, -0.15) is 0 Å². The summed E-state index contributed by atoms with van der Waals surface area (Å²) in [6.45, 7) is 0.947. The monoisotopic (exact) mass is 380 g/mol. The predicted molar refractivity (Wildman–Crippen MR) is 91.7 cm³/mol. The molecule has 0 N–H and O–H groups in total. The largest absolute Gasteiger partial charge is 1.00 e. The summed E-state index contributed by atoms with van der Waals surface area (Å²) in [5.41, 5.74) is 3.09. The van der Waals surface area contributed by atoms with Gasteiger partial charge in [0.1, 0.15) is 0 Å². The second-order valence-corrected chi connectivity index (χ2v) is 6.33. The first kappa shape index (κ1) is 18.9. The Hall–Kier alpha value is -1.16.